The van der Waals surface area contributed by atoms with E-state index in [4.69, 9.17) is 5.41 Å². The number of nitriles is 1. The average molecular weight is 295 g/mol. The molecule has 0 radical (unpaired) electrons. The van der Waals surface area contributed by atoms with Crippen molar-refractivity contribution < 1.29 is 4.92 Å². The second kappa shape index (κ2) is 5.41. The van der Waals surface area contributed by atoms with Gasteiger partial charge in [0.2, 0.25) is 0 Å². The Bertz CT molecular complexity index is 846. The first-order valence-corrected chi connectivity index (χ1v) is 6.96. The predicted molar refractivity (Wildman–Crippen MR) is 77.4 cm³/mol. The fourth-order valence-electron chi connectivity index (χ4n) is 2.71. The molecule has 0 aliphatic heterocycles. The van der Waals surface area contributed by atoms with Crippen LogP contribution in [0.2, 0.25) is 0 Å². The molecule has 3 rings (SSSR count). The molecule has 0 saturated heterocycles. The van der Waals surface area contributed by atoms with E-state index in [9.17, 15) is 15.4 Å². The maximum atomic E-state index is 10.7. The van der Waals surface area contributed by atoms with Gasteiger partial charge >= 0.3 is 0 Å². The molecule has 1 aliphatic rings. The zero-order valence-electron chi connectivity index (χ0n) is 11.7. The van der Waals surface area contributed by atoms with Crippen LogP contribution in [0.4, 0.5) is 5.69 Å². The van der Waals surface area contributed by atoms with Crippen LogP contribution in [0.15, 0.2) is 24.3 Å². The Kier molecular flexibility index (Phi) is 3.43. The van der Waals surface area contributed by atoms with Gasteiger partial charge in [-0.3, -0.25) is 15.5 Å². The van der Waals surface area contributed by atoms with Gasteiger partial charge in [0.05, 0.1) is 16.3 Å². The van der Waals surface area contributed by atoms with Crippen LogP contribution in [-0.4, -0.2) is 14.7 Å². The van der Waals surface area contributed by atoms with E-state index in [0.717, 1.165) is 36.9 Å². The molecule has 0 fully saturated rings. The Morgan fingerprint density at radius 1 is 1.27 bits per heavy atom. The number of hydrogen-bond donors (Lipinski definition) is 1. The van der Waals surface area contributed by atoms with Crippen molar-refractivity contribution in [1.82, 2.24) is 9.78 Å². The highest BCUT2D eigenvalue weighted by molar-refractivity contribution is 5.44. The van der Waals surface area contributed by atoms with E-state index in [1.165, 1.54) is 16.8 Å². The molecule has 0 atom stereocenters. The number of nitro benzene ring substituents is 1. The molecule has 7 nitrogen and oxygen atoms in total. The Morgan fingerprint density at radius 2 is 1.95 bits per heavy atom. The molecular weight excluding hydrogens is 282 g/mol. The van der Waals surface area contributed by atoms with E-state index in [1.54, 1.807) is 12.1 Å². The van der Waals surface area contributed by atoms with Crippen molar-refractivity contribution in [3.63, 3.8) is 0 Å². The fraction of sp³-hybridized carbons (Fsp3) is 0.267. The Hall–Kier alpha value is -3.01. The van der Waals surface area contributed by atoms with Crippen LogP contribution in [0.1, 0.15) is 29.7 Å². The van der Waals surface area contributed by atoms with Crippen LogP contribution >= 0.6 is 0 Å². The van der Waals surface area contributed by atoms with E-state index in [1.807, 2.05) is 0 Å². The van der Waals surface area contributed by atoms with Crippen LogP contribution in [0.25, 0.3) is 5.69 Å². The first kappa shape index (κ1) is 13.9. The van der Waals surface area contributed by atoms with Gasteiger partial charge in [-0.25, -0.2) is 4.68 Å². The number of rotatable bonds is 2. The topological polar surface area (TPSA) is 109 Å². The third-order valence-corrected chi connectivity index (χ3v) is 3.83. The highest BCUT2D eigenvalue weighted by Gasteiger charge is 2.19. The summed E-state index contributed by atoms with van der Waals surface area (Å²) in [7, 11) is 0. The SMILES string of the molecule is N#Cc1c2c(nn(-c3ccc([N+](=O)[O-])cc3)c1=N)CCCC2. The third kappa shape index (κ3) is 2.24. The van der Waals surface area contributed by atoms with Crippen LogP contribution < -0.4 is 5.49 Å². The lowest BCUT2D eigenvalue weighted by atomic mass is 9.93. The van der Waals surface area contributed by atoms with Crippen molar-refractivity contribution in [2.75, 3.05) is 0 Å². The van der Waals surface area contributed by atoms with Gasteiger partial charge in [0.15, 0.2) is 5.49 Å². The van der Waals surface area contributed by atoms with Gasteiger partial charge < -0.3 is 0 Å². The van der Waals surface area contributed by atoms with Gasteiger partial charge in [-0.2, -0.15) is 10.4 Å². The van der Waals surface area contributed by atoms with Crippen molar-refractivity contribution in [1.29, 1.82) is 10.7 Å². The second-order valence-corrected chi connectivity index (χ2v) is 5.15. The standard InChI is InChI=1S/C15H13N5O2/c16-9-13-12-3-1-2-4-14(12)18-19(15(13)17)10-5-7-11(8-6-10)20(21)22/h5-8,17H,1-4H2. The number of fused-ring (bicyclic) bond motifs is 1. The van der Waals surface area contributed by atoms with Crippen LogP contribution in [0.3, 0.4) is 0 Å². The highest BCUT2D eigenvalue weighted by atomic mass is 16.6. The highest BCUT2D eigenvalue weighted by Crippen LogP contribution is 2.21. The van der Waals surface area contributed by atoms with Crippen LogP contribution in [0, 0.1) is 26.9 Å². The summed E-state index contributed by atoms with van der Waals surface area (Å²) >= 11 is 0. The molecule has 0 spiro atoms. The summed E-state index contributed by atoms with van der Waals surface area (Å²) in [6.45, 7) is 0. The summed E-state index contributed by atoms with van der Waals surface area (Å²) in [6, 6.07) is 7.93. The van der Waals surface area contributed by atoms with Crippen molar-refractivity contribution >= 4 is 5.69 Å². The number of nitrogens with zero attached hydrogens (tertiary/aromatic N) is 4. The van der Waals surface area contributed by atoms with Crippen molar-refractivity contribution in [3.05, 3.63) is 56.7 Å². The molecule has 110 valence electrons. The normalized spacial score (nSPS) is 13.2. The Balaban J connectivity index is 2.17. The Labute approximate surface area is 126 Å². The molecule has 0 bridgehead atoms. The number of nitrogens with one attached hydrogen (secondary N) is 1. The number of aryl methyl sites for hydroxylation is 1. The van der Waals surface area contributed by atoms with Gasteiger partial charge in [-0.05, 0) is 43.4 Å². The predicted octanol–water partition coefficient (Wildman–Crippen LogP) is 2.01. The lowest BCUT2D eigenvalue weighted by Crippen LogP contribution is -2.29. The lowest BCUT2D eigenvalue weighted by Gasteiger charge is -2.18. The second-order valence-electron chi connectivity index (χ2n) is 5.15. The van der Waals surface area contributed by atoms with Gasteiger partial charge in [0.1, 0.15) is 11.6 Å². The van der Waals surface area contributed by atoms with E-state index in [0.29, 0.717) is 11.3 Å². The molecule has 7 heteroatoms. The van der Waals surface area contributed by atoms with Crippen molar-refractivity contribution in [2.45, 2.75) is 25.7 Å². The molecule has 2 aromatic rings. The first-order valence-electron chi connectivity index (χ1n) is 6.96. The number of nitro groups is 1. The van der Waals surface area contributed by atoms with E-state index in [2.05, 4.69) is 11.2 Å². The fourth-order valence-corrected chi connectivity index (χ4v) is 2.71. The number of benzene rings is 1. The maximum Gasteiger partial charge on any atom is 0.269 e. The summed E-state index contributed by atoms with van der Waals surface area (Å²) < 4.78 is 1.38. The molecule has 1 aromatic heterocycles. The lowest BCUT2D eigenvalue weighted by molar-refractivity contribution is -0.384. The zero-order chi connectivity index (χ0) is 15.7. The minimum atomic E-state index is -0.475. The largest absolute Gasteiger partial charge is 0.282 e. The molecule has 0 amide bonds. The first-order chi connectivity index (χ1) is 10.6. The van der Waals surface area contributed by atoms with E-state index >= 15 is 0 Å². The monoisotopic (exact) mass is 295 g/mol. The number of non-ortho nitro benzene ring substituents is 1. The molecule has 1 aromatic carbocycles. The van der Waals surface area contributed by atoms with E-state index < -0.39 is 4.92 Å². The third-order valence-electron chi connectivity index (χ3n) is 3.83. The van der Waals surface area contributed by atoms with Crippen molar-refractivity contribution in [2.24, 2.45) is 0 Å². The summed E-state index contributed by atoms with van der Waals surface area (Å²) in [6.07, 6.45) is 3.59. The smallest absolute Gasteiger partial charge is 0.269 e. The zero-order valence-corrected chi connectivity index (χ0v) is 11.7. The molecular formula is C15H13N5O2. The molecule has 1 aliphatic carbocycles. The molecule has 0 saturated carbocycles. The molecule has 1 heterocycles. The minimum Gasteiger partial charge on any atom is -0.282 e. The van der Waals surface area contributed by atoms with Gasteiger partial charge in [0.25, 0.3) is 5.69 Å². The average Bonchev–Trinajstić information content (AvgIpc) is 2.54. The van der Waals surface area contributed by atoms with Crippen LogP contribution in [-0.2, 0) is 12.8 Å². The number of hydrogen-bond acceptors (Lipinski definition) is 5. The van der Waals surface area contributed by atoms with E-state index in [-0.39, 0.29) is 11.2 Å². The maximum absolute atomic E-state index is 10.7. The quantitative estimate of drug-likeness (QED) is 0.675. The number of aromatic nitrogens is 2. The van der Waals surface area contributed by atoms with Crippen LogP contribution in [0.5, 0.6) is 0 Å². The van der Waals surface area contributed by atoms with Gasteiger partial charge in [-0.1, -0.05) is 0 Å². The molecule has 1 N–H and O–H groups in total. The summed E-state index contributed by atoms with van der Waals surface area (Å²) in [5, 5.41) is 32.8. The summed E-state index contributed by atoms with van der Waals surface area (Å²) in [4.78, 5) is 10.2. The summed E-state index contributed by atoms with van der Waals surface area (Å²) in [5.74, 6) is 0. The van der Waals surface area contributed by atoms with Crippen molar-refractivity contribution in [3.8, 4) is 11.8 Å². The molecule has 0 unspecified atom stereocenters. The summed E-state index contributed by atoms with van der Waals surface area (Å²) in [5.41, 5.74) is 2.61. The van der Waals surface area contributed by atoms with Gasteiger partial charge in [0, 0.05) is 12.1 Å². The van der Waals surface area contributed by atoms with Gasteiger partial charge in [-0.15, -0.1) is 0 Å². The minimum absolute atomic E-state index is 0.0191. The Morgan fingerprint density at radius 3 is 2.59 bits per heavy atom. The molecule has 22 heavy (non-hydrogen) atoms.